The minimum absolute atomic E-state index is 0.149. The normalized spacial score (nSPS) is 16.6. The number of nitrogen functional groups attached to an aromatic ring is 1. The number of benzene rings is 1. The van der Waals surface area contributed by atoms with Gasteiger partial charge >= 0.3 is 0 Å². The minimum atomic E-state index is 0.149. The fourth-order valence-corrected chi connectivity index (χ4v) is 3.22. The largest absolute Gasteiger partial charge is 0.383 e. The van der Waals surface area contributed by atoms with E-state index in [-0.39, 0.29) is 5.41 Å². The summed E-state index contributed by atoms with van der Waals surface area (Å²) in [6.07, 6.45) is 2.17. The zero-order chi connectivity index (χ0) is 13.8. The lowest BCUT2D eigenvalue weighted by atomic mass is 9.87. The smallest absolute Gasteiger partial charge is 0.131 e. The number of rotatable bonds is 1. The van der Waals surface area contributed by atoms with Crippen molar-refractivity contribution >= 4 is 5.82 Å². The molecule has 0 radical (unpaired) electrons. The Morgan fingerprint density at radius 2 is 1.79 bits per heavy atom. The van der Waals surface area contributed by atoms with E-state index in [4.69, 9.17) is 10.8 Å². The van der Waals surface area contributed by atoms with Gasteiger partial charge in [0.2, 0.25) is 0 Å². The van der Waals surface area contributed by atoms with Crippen LogP contribution in [0.5, 0.6) is 0 Å². The molecule has 2 N–H and O–H groups in total. The van der Waals surface area contributed by atoms with Crippen LogP contribution in [0.25, 0.3) is 5.69 Å². The van der Waals surface area contributed by atoms with Crippen LogP contribution in [0, 0.1) is 13.8 Å². The molecule has 1 aromatic carbocycles. The van der Waals surface area contributed by atoms with Gasteiger partial charge in [-0.15, -0.1) is 0 Å². The summed E-state index contributed by atoms with van der Waals surface area (Å²) in [6.45, 7) is 8.72. The lowest BCUT2D eigenvalue weighted by Gasteiger charge is -2.18. The van der Waals surface area contributed by atoms with Gasteiger partial charge in [0, 0.05) is 5.56 Å². The average molecular weight is 255 g/mol. The van der Waals surface area contributed by atoms with Gasteiger partial charge in [-0.05, 0) is 55.4 Å². The van der Waals surface area contributed by atoms with E-state index in [1.807, 2.05) is 4.68 Å². The molecule has 0 atom stereocenters. The number of nitrogens with two attached hydrogens (primary N) is 1. The van der Waals surface area contributed by atoms with Crippen LogP contribution in [0.15, 0.2) is 18.2 Å². The fourth-order valence-electron chi connectivity index (χ4n) is 3.22. The van der Waals surface area contributed by atoms with Gasteiger partial charge < -0.3 is 5.73 Å². The number of fused-ring (bicyclic) bond motifs is 1. The van der Waals surface area contributed by atoms with Crippen molar-refractivity contribution in [2.75, 3.05) is 5.73 Å². The second-order valence-corrected chi connectivity index (χ2v) is 6.35. The highest BCUT2D eigenvalue weighted by molar-refractivity contribution is 5.56. The van der Waals surface area contributed by atoms with Crippen molar-refractivity contribution in [3.63, 3.8) is 0 Å². The van der Waals surface area contributed by atoms with E-state index in [1.165, 1.54) is 22.4 Å². The van der Waals surface area contributed by atoms with Gasteiger partial charge in [0.1, 0.15) is 5.82 Å². The Morgan fingerprint density at radius 3 is 2.37 bits per heavy atom. The molecule has 1 aliphatic rings. The summed E-state index contributed by atoms with van der Waals surface area (Å²) >= 11 is 0. The Bertz CT molecular complexity index is 630. The van der Waals surface area contributed by atoms with Gasteiger partial charge in [-0.25, -0.2) is 4.68 Å². The van der Waals surface area contributed by atoms with E-state index in [9.17, 15) is 0 Å². The van der Waals surface area contributed by atoms with E-state index in [2.05, 4.69) is 45.9 Å². The van der Waals surface area contributed by atoms with Crippen molar-refractivity contribution in [2.24, 2.45) is 0 Å². The second-order valence-electron chi connectivity index (χ2n) is 6.35. The molecule has 0 bridgehead atoms. The van der Waals surface area contributed by atoms with Crippen LogP contribution in [0.2, 0.25) is 0 Å². The molecule has 0 saturated carbocycles. The third-order valence-electron chi connectivity index (χ3n) is 4.11. The highest BCUT2D eigenvalue weighted by Crippen LogP contribution is 2.42. The summed E-state index contributed by atoms with van der Waals surface area (Å²) in [6, 6.07) is 6.44. The van der Waals surface area contributed by atoms with Gasteiger partial charge in [0.15, 0.2) is 0 Å². The van der Waals surface area contributed by atoms with E-state index in [0.29, 0.717) is 0 Å². The van der Waals surface area contributed by atoms with Crippen LogP contribution in [-0.4, -0.2) is 9.78 Å². The standard InChI is InChI=1S/C16H21N3/c1-10-7-11(2)9-12(8-10)19-15(17)14-13(18-19)5-6-16(14,3)4/h7-9H,5-6,17H2,1-4H3. The van der Waals surface area contributed by atoms with Crippen molar-refractivity contribution in [1.29, 1.82) is 0 Å². The van der Waals surface area contributed by atoms with Crippen LogP contribution in [0.4, 0.5) is 5.82 Å². The number of anilines is 1. The monoisotopic (exact) mass is 255 g/mol. The summed E-state index contributed by atoms with van der Waals surface area (Å²) < 4.78 is 1.91. The number of hydrogen-bond donors (Lipinski definition) is 1. The van der Waals surface area contributed by atoms with Gasteiger partial charge in [-0.3, -0.25) is 0 Å². The molecule has 0 spiro atoms. The number of aromatic nitrogens is 2. The minimum Gasteiger partial charge on any atom is -0.383 e. The maximum atomic E-state index is 6.36. The van der Waals surface area contributed by atoms with Crippen molar-refractivity contribution in [1.82, 2.24) is 9.78 Å². The van der Waals surface area contributed by atoms with E-state index >= 15 is 0 Å². The van der Waals surface area contributed by atoms with E-state index in [1.54, 1.807) is 0 Å². The molecule has 3 nitrogen and oxygen atoms in total. The van der Waals surface area contributed by atoms with Crippen LogP contribution in [0.1, 0.15) is 42.7 Å². The van der Waals surface area contributed by atoms with Gasteiger partial charge in [-0.1, -0.05) is 19.9 Å². The molecular weight excluding hydrogens is 234 g/mol. The quantitative estimate of drug-likeness (QED) is 0.849. The van der Waals surface area contributed by atoms with E-state index < -0.39 is 0 Å². The van der Waals surface area contributed by atoms with E-state index in [0.717, 1.165) is 24.3 Å². The molecule has 2 aromatic rings. The zero-order valence-electron chi connectivity index (χ0n) is 12.1. The third kappa shape index (κ3) is 1.84. The summed E-state index contributed by atoms with van der Waals surface area (Å²) in [5.41, 5.74) is 12.5. The summed E-state index contributed by atoms with van der Waals surface area (Å²) in [4.78, 5) is 0. The number of nitrogens with zero attached hydrogens (tertiary/aromatic N) is 2. The third-order valence-corrected chi connectivity index (χ3v) is 4.11. The second kappa shape index (κ2) is 3.86. The summed E-state index contributed by atoms with van der Waals surface area (Å²) in [7, 11) is 0. The Balaban J connectivity index is 2.18. The molecule has 19 heavy (non-hydrogen) atoms. The average Bonchev–Trinajstić information content (AvgIpc) is 2.77. The van der Waals surface area contributed by atoms with Crippen molar-refractivity contribution < 1.29 is 0 Å². The number of hydrogen-bond acceptors (Lipinski definition) is 2. The Morgan fingerprint density at radius 1 is 1.16 bits per heavy atom. The molecule has 1 heterocycles. The van der Waals surface area contributed by atoms with Gasteiger partial charge in [0.25, 0.3) is 0 Å². The Hall–Kier alpha value is -1.77. The van der Waals surface area contributed by atoms with Crippen LogP contribution in [-0.2, 0) is 11.8 Å². The topological polar surface area (TPSA) is 43.8 Å². The van der Waals surface area contributed by atoms with Crippen molar-refractivity contribution in [3.05, 3.63) is 40.6 Å². The molecule has 3 heteroatoms. The molecule has 1 aliphatic carbocycles. The highest BCUT2D eigenvalue weighted by Gasteiger charge is 2.35. The summed E-state index contributed by atoms with van der Waals surface area (Å²) in [5.74, 6) is 0.808. The molecule has 0 saturated heterocycles. The molecule has 100 valence electrons. The molecule has 0 unspecified atom stereocenters. The molecule has 0 fully saturated rings. The molecule has 1 aromatic heterocycles. The van der Waals surface area contributed by atoms with Crippen LogP contribution in [0.3, 0.4) is 0 Å². The molecule has 0 amide bonds. The maximum Gasteiger partial charge on any atom is 0.131 e. The van der Waals surface area contributed by atoms with Crippen LogP contribution >= 0.6 is 0 Å². The first kappa shape index (κ1) is 12.3. The van der Waals surface area contributed by atoms with Crippen molar-refractivity contribution in [3.8, 4) is 5.69 Å². The maximum absolute atomic E-state index is 6.36. The zero-order valence-corrected chi connectivity index (χ0v) is 12.1. The number of aryl methyl sites for hydroxylation is 3. The Labute approximate surface area is 114 Å². The first-order chi connectivity index (χ1) is 8.88. The first-order valence-corrected chi connectivity index (χ1v) is 6.85. The lowest BCUT2D eigenvalue weighted by molar-refractivity contribution is 0.519. The fraction of sp³-hybridized carbons (Fsp3) is 0.438. The lowest BCUT2D eigenvalue weighted by Crippen LogP contribution is -2.15. The first-order valence-electron chi connectivity index (χ1n) is 6.85. The van der Waals surface area contributed by atoms with Crippen molar-refractivity contribution in [2.45, 2.75) is 46.0 Å². The molecular formula is C16H21N3. The summed E-state index contributed by atoms with van der Waals surface area (Å²) in [5, 5.41) is 4.73. The molecule has 3 rings (SSSR count). The van der Waals surface area contributed by atoms with Gasteiger partial charge in [0.05, 0.1) is 11.4 Å². The predicted octanol–water partition coefficient (Wildman–Crippen LogP) is 3.30. The SMILES string of the molecule is Cc1cc(C)cc(-n2nc3c(c2N)C(C)(C)CC3)c1. The predicted molar refractivity (Wildman–Crippen MR) is 78.8 cm³/mol. The van der Waals surface area contributed by atoms with Crippen LogP contribution < -0.4 is 5.73 Å². The highest BCUT2D eigenvalue weighted by atomic mass is 15.3. The Kier molecular flexibility index (Phi) is 2.49. The van der Waals surface area contributed by atoms with Gasteiger partial charge in [-0.2, -0.15) is 5.10 Å². The molecule has 0 aliphatic heterocycles.